The van der Waals surface area contributed by atoms with Gasteiger partial charge in [-0.05, 0) is 81.5 Å². The van der Waals surface area contributed by atoms with Crippen LogP contribution in [-0.2, 0) is 82.5 Å². The highest BCUT2D eigenvalue weighted by molar-refractivity contribution is 6.13. The van der Waals surface area contributed by atoms with E-state index in [9.17, 15) is 68.7 Å². The lowest BCUT2D eigenvalue weighted by Gasteiger charge is -2.38. The summed E-state index contributed by atoms with van der Waals surface area (Å²) >= 11 is 0. The number of amides is 6. The molecule has 6 amide bonds. The Morgan fingerprint density at radius 1 is 0.976 bits per heavy atom. The van der Waals surface area contributed by atoms with E-state index in [4.69, 9.17) is 29.7 Å². The van der Waals surface area contributed by atoms with Gasteiger partial charge in [-0.15, -0.1) is 0 Å². The molecule has 26 nitrogen and oxygen atoms in total. The van der Waals surface area contributed by atoms with Crippen LogP contribution in [0.2, 0.25) is 0 Å². The SMILES string of the molecule is CC[C@@]1(O)C(=O)OCc2c1cc1n(c2=O)Cc2c-1nc1cc(F)c(C)c3c1c2[C@@H](NC(=O)C(C)(C)COCNC(=O)[C@H](CO[C@@H]1O[C@H](C(=O)O)[C@@H](O)[C@H](O)[C@H]1O)NC(=O)[C@@H](NC(=O)CCCC[C@H](CN)N1C(=O)C=CC1=O)C(C)C)CC3. The van der Waals surface area contributed by atoms with Crippen molar-refractivity contribution in [3.8, 4) is 11.4 Å². The number of hydrogen-bond donors (Lipinski definition) is 10. The number of aromatic nitrogens is 2. The van der Waals surface area contributed by atoms with Crippen LogP contribution in [0, 0.1) is 24.1 Å². The van der Waals surface area contributed by atoms with Gasteiger partial charge in [0, 0.05) is 47.7 Å². The van der Waals surface area contributed by atoms with Gasteiger partial charge in [-0.3, -0.25) is 38.5 Å². The van der Waals surface area contributed by atoms with Crippen molar-refractivity contribution in [2.75, 3.05) is 26.5 Å². The molecule has 0 spiro atoms. The van der Waals surface area contributed by atoms with E-state index in [1.54, 1.807) is 47.6 Å². The number of halogens is 1. The van der Waals surface area contributed by atoms with Gasteiger partial charge in [-0.2, -0.15) is 0 Å². The molecule has 27 heteroatoms. The van der Waals surface area contributed by atoms with E-state index in [0.717, 1.165) is 17.1 Å². The van der Waals surface area contributed by atoms with Crippen molar-refractivity contribution in [2.24, 2.45) is 17.1 Å². The van der Waals surface area contributed by atoms with E-state index in [1.807, 2.05) is 0 Å². The first kappa shape index (κ1) is 61.0. The molecule has 0 radical (unpaired) electrons. The van der Waals surface area contributed by atoms with Gasteiger partial charge in [0.1, 0.15) is 49.6 Å². The summed E-state index contributed by atoms with van der Waals surface area (Å²) in [7, 11) is 0. The molecule has 4 aliphatic heterocycles. The Hall–Kier alpha value is -7.11. The van der Waals surface area contributed by atoms with E-state index >= 15 is 4.39 Å². The molecular formula is C55H69FN8O18. The summed E-state index contributed by atoms with van der Waals surface area (Å²) in [6.45, 7) is 7.62. The van der Waals surface area contributed by atoms with Crippen LogP contribution in [0.25, 0.3) is 22.3 Å². The van der Waals surface area contributed by atoms with Crippen LogP contribution in [0.5, 0.6) is 0 Å². The Morgan fingerprint density at radius 2 is 1.68 bits per heavy atom. The quantitative estimate of drug-likeness (QED) is 0.0186. The molecule has 0 bridgehead atoms. The zero-order chi connectivity index (χ0) is 59.9. The normalized spacial score (nSPS) is 23.9. The number of esters is 1. The van der Waals surface area contributed by atoms with Crippen molar-refractivity contribution < 1.29 is 87.2 Å². The number of carbonyl (C=O) groups excluding carboxylic acids is 7. The number of aliphatic hydroxyl groups is 4. The summed E-state index contributed by atoms with van der Waals surface area (Å²) in [5.41, 5.74) is 5.31. The Kier molecular flexibility index (Phi) is 18.1. The number of benzene rings is 1. The smallest absolute Gasteiger partial charge is 0.343 e. The Balaban J connectivity index is 0.940. The first-order valence-corrected chi connectivity index (χ1v) is 27.1. The topological polar surface area (TPSA) is 387 Å². The zero-order valence-corrected chi connectivity index (χ0v) is 46.1. The van der Waals surface area contributed by atoms with Gasteiger partial charge in [0.05, 0.1) is 59.7 Å². The molecule has 3 aromatic rings. The largest absolute Gasteiger partial charge is 0.479 e. The number of cyclic esters (lactones) is 1. The lowest BCUT2D eigenvalue weighted by molar-refractivity contribution is -0.294. The summed E-state index contributed by atoms with van der Waals surface area (Å²) in [5, 5.41) is 63.6. The van der Waals surface area contributed by atoms with Crippen LogP contribution in [-0.4, -0.2) is 163 Å². The number of carboxylic acids is 1. The number of nitrogens with two attached hydrogens (primary N) is 1. The van der Waals surface area contributed by atoms with Crippen LogP contribution in [0.15, 0.2) is 29.1 Å². The molecular weight excluding hydrogens is 1080 g/mol. The minimum absolute atomic E-state index is 0.00835. The number of nitrogens with one attached hydrogen (secondary N) is 4. The van der Waals surface area contributed by atoms with Crippen LogP contribution < -0.4 is 32.6 Å². The summed E-state index contributed by atoms with van der Waals surface area (Å²) in [6, 6.07) is -1.36. The van der Waals surface area contributed by atoms with E-state index in [0.29, 0.717) is 71.1 Å². The molecule has 1 saturated heterocycles. The molecule has 10 atom stereocenters. The third-order valence-electron chi connectivity index (χ3n) is 15.9. The lowest BCUT2D eigenvalue weighted by Crippen LogP contribution is -2.61. The average Bonchev–Trinajstić information content (AvgIpc) is 1.78. The highest BCUT2D eigenvalue weighted by Crippen LogP contribution is 2.46. The van der Waals surface area contributed by atoms with Gasteiger partial charge in [0.15, 0.2) is 18.0 Å². The molecule has 6 heterocycles. The fraction of sp³-hybridized carbons (Fsp3) is 0.564. The maximum atomic E-state index is 15.6. The number of pyridine rings is 2. The molecule has 5 aliphatic rings. The van der Waals surface area contributed by atoms with Crippen molar-refractivity contribution in [1.29, 1.82) is 0 Å². The second-order valence-electron chi connectivity index (χ2n) is 22.2. The van der Waals surface area contributed by atoms with E-state index in [2.05, 4.69) is 21.3 Å². The Morgan fingerprint density at radius 3 is 2.34 bits per heavy atom. The van der Waals surface area contributed by atoms with Crippen molar-refractivity contribution in [2.45, 2.75) is 160 Å². The second kappa shape index (κ2) is 24.4. The monoisotopic (exact) mass is 1150 g/mol. The van der Waals surface area contributed by atoms with Gasteiger partial charge in [-0.1, -0.05) is 27.2 Å². The predicted molar refractivity (Wildman–Crippen MR) is 282 cm³/mol. The minimum atomic E-state index is -2.09. The van der Waals surface area contributed by atoms with Gasteiger partial charge in [-0.25, -0.2) is 19.0 Å². The number of imide groups is 1. The maximum Gasteiger partial charge on any atom is 0.343 e. The van der Waals surface area contributed by atoms with Crippen molar-refractivity contribution >= 4 is 58.3 Å². The van der Waals surface area contributed by atoms with Gasteiger partial charge in [0.2, 0.25) is 23.6 Å². The number of fused-ring (bicyclic) bond motifs is 5. The average molecular weight is 1150 g/mol. The number of aryl methyl sites for hydroxylation is 1. The fourth-order valence-electron chi connectivity index (χ4n) is 11.1. The Bertz CT molecular complexity index is 3170. The van der Waals surface area contributed by atoms with Gasteiger partial charge in [0.25, 0.3) is 17.4 Å². The Labute approximate surface area is 468 Å². The number of unbranched alkanes of at least 4 members (excludes halogenated alkanes) is 1. The minimum Gasteiger partial charge on any atom is -0.479 e. The number of hydrogen-bond acceptors (Lipinski definition) is 19. The van der Waals surface area contributed by atoms with Crippen LogP contribution in [0.3, 0.4) is 0 Å². The molecule has 1 aromatic carbocycles. The third-order valence-corrected chi connectivity index (χ3v) is 15.9. The fourth-order valence-corrected chi connectivity index (χ4v) is 11.1. The highest BCUT2D eigenvalue weighted by atomic mass is 19.1. The number of rotatable bonds is 23. The first-order chi connectivity index (χ1) is 38.7. The summed E-state index contributed by atoms with van der Waals surface area (Å²) < 4.78 is 38.9. The van der Waals surface area contributed by atoms with Crippen molar-refractivity contribution in [1.82, 2.24) is 35.7 Å². The molecule has 0 unspecified atom stereocenters. The number of aliphatic carboxylic acids is 1. The molecule has 0 saturated carbocycles. The third kappa shape index (κ3) is 11.8. The molecule has 2 aromatic heterocycles. The van der Waals surface area contributed by atoms with Gasteiger partial charge >= 0.3 is 11.9 Å². The standard InChI is InChI=1S/C55H69FN8O18/c1-7-55(78)30-16-35-42-28(19-63(35)49(73)29(30)20-81-53(55)77)40-32(13-12-27-25(4)31(56)17-33(59-42)39(27)40)61-52(76)54(5,6)22-79-23-58-47(71)34(21-80-51-45(70)43(68)44(69)46(82-51)50(74)75)60-48(72)41(24(2)3)62-36(65)11-9-8-10-26(18-57)64-37(66)14-15-38(64)67/h14-17,24,26,32,34,41,43-46,51,68-70,78H,7-13,18-23,57H2,1-6H3,(H,58,71)(H,60,72)(H,61,76)(H,62,65)(H,74,75)/t26-,32+,34+,41+,43+,44+,45-,46+,51-,55+/m1/s1. The van der Waals surface area contributed by atoms with E-state index in [1.165, 1.54) is 10.6 Å². The number of carboxylic acid groups (broad SMARTS) is 1. The molecule has 444 valence electrons. The molecule has 8 rings (SSSR count). The van der Waals surface area contributed by atoms with Gasteiger partial charge < -0.3 is 76.0 Å². The van der Waals surface area contributed by atoms with Crippen LogP contribution in [0.1, 0.15) is 113 Å². The highest BCUT2D eigenvalue weighted by Gasteiger charge is 2.49. The summed E-state index contributed by atoms with van der Waals surface area (Å²) in [4.78, 5) is 124. The molecule has 1 aliphatic carbocycles. The number of ether oxygens (including phenoxy) is 4. The lowest BCUT2D eigenvalue weighted by atomic mass is 9.81. The van der Waals surface area contributed by atoms with Crippen LogP contribution in [0.4, 0.5) is 4.39 Å². The number of carbonyl (C=O) groups is 8. The summed E-state index contributed by atoms with van der Waals surface area (Å²) in [5.74, 6) is -7.51. The van der Waals surface area contributed by atoms with E-state index < -0.39 is 144 Å². The van der Waals surface area contributed by atoms with Crippen molar-refractivity contribution in [3.63, 3.8) is 0 Å². The van der Waals surface area contributed by atoms with Crippen LogP contribution >= 0.6 is 0 Å². The molecule has 11 N–H and O–H groups in total. The zero-order valence-electron chi connectivity index (χ0n) is 46.1. The van der Waals surface area contributed by atoms with E-state index in [-0.39, 0.29) is 55.8 Å². The molecule has 1 fully saturated rings. The van der Waals surface area contributed by atoms with Crippen molar-refractivity contribution in [3.05, 3.63) is 73.8 Å². The first-order valence-electron chi connectivity index (χ1n) is 27.1. The number of nitrogens with zero attached hydrogens (tertiary/aromatic N) is 3. The second-order valence-corrected chi connectivity index (χ2v) is 22.2. The maximum absolute atomic E-state index is 15.6. The predicted octanol–water partition coefficient (Wildman–Crippen LogP) is -0.906. The molecule has 82 heavy (non-hydrogen) atoms. The number of aliphatic hydroxyl groups excluding tert-OH is 3. The summed E-state index contributed by atoms with van der Waals surface area (Å²) in [6.07, 6.45) is -6.29.